The van der Waals surface area contributed by atoms with E-state index in [1.54, 1.807) is 12.4 Å². The van der Waals surface area contributed by atoms with E-state index < -0.39 is 6.23 Å². The van der Waals surface area contributed by atoms with E-state index in [2.05, 4.69) is 63.1 Å². The van der Waals surface area contributed by atoms with Crippen molar-refractivity contribution in [3.63, 3.8) is 0 Å². The molecule has 1 aromatic heterocycles. The third kappa shape index (κ3) is 4.96. The van der Waals surface area contributed by atoms with Crippen molar-refractivity contribution >= 4 is 5.69 Å². The quantitative estimate of drug-likeness (QED) is 0.464. The van der Waals surface area contributed by atoms with Crippen molar-refractivity contribution < 1.29 is 5.11 Å². The molecule has 3 N–H and O–H groups in total. The smallest absolute Gasteiger partial charge is 0.131 e. The van der Waals surface area contributed by atoms with Crippen molar-refractivity contribution in [2.45, 2.75) is 43.4 Å². The number of aromatic nitrogens is 2. The van der Waals surface area contributed by atoms with Crippen LogP contribution in [0, 0.1) is 0 Å². The molecular weight excluding hydrogens is 396 g/mol. The van der Waals surface area contributed by atoms with Gasteiger partial charge < -0.3 is 10.4 Å². The van der Waals surface area contributed by atoms with Gasteiger partial charge in [-0.15, -0.1) is 0 Å². The fourth-order valence-corrected chi connectivity index (χ4v) is 4.35. The van der Waals surface area contributed by atoms with E-state index in [9.17, 15) is 5.11 Å². The average Bonchev–Trinajstić information content (AvgIpc) is 3.64. The third-order valence-electron chi connectivity index (χ3n) is 6.22. The van der Waals surface area contributed by atoms with E-state index >= 15 is 0 Å². The van der Waals surface area contributed by atoms with Crippen LogP contribution in [0.25, 0.3) is 0 Å². The Balaban J connectivity index is 1.20. The van der Waals surface area contributed by atoms with Gasteiger partial charge in [0.25, 0.3) is 0 Å². The zero-order chi connectivity index (χ0) is 21.8. The van der Waals surface area contributed by atoms with Crippen molar-refractivity contribution in [3.05, 3.63) is 114 Å². The van der Waals surface area contributed by atoms with Gasteiger partial charge in [-0.3, -0.25) is 15.3 Å². The Hall–Kier alpha value is -3.28. The van der Waals surface area contributed by atoms with Gasteiger partial charge in [-0.2, -0.15) is 0 Å². The molecule has 0 aliphatic heterocycles. The van der Waals surface area contributed by atoms with Gasteiger partial charge in [0.05, 0.1) is 5.69 Å². The monoisotopic (exact) mass is 424 g/mol. The molecule has 1 heterocycles. The number of nitrogens with one attached hydrogen (secondary N) is 2. The lowest BCUT2D eigenvalue weighted by molar-refractivity contribution is 0.136. The predicted octanol–water partition coefficient (Wildman–Crippen LogP) is 5.04. The molecule has 2 aliphatic carbocycles. The van der Waals surface area contributed by atoms with Gasteiger partial charge in [-0.05, 0) is 48.6 Å². The zero-order valence-electron chi connectivity index (χ0n) is 17.9. The van der Waals surface area contributed by atoms with Crippen LogP contribution < -0.4 is 10.6 Å². The zero-order valence-corrected chi connectivity index (χ0v) is 17.9. The summed E-state index contributed by atoms with van der Waals surface area (Å²) >= 11 is 0. The molecule has 0 radical (unpaired) electrons. The van der Waals surface area contributed by atoms with Crippen molar-refractivity contribution in [3.8, 4) is 0 Å². The first-order valence-electron chi connectivity index (χ1n) is 11.2. The third-order valence-corrected chi connectivity index (χ3v) is 6.22. The molecule has 1 fully saturated rings. The molecule has 3 aromatic rings. The molecule has 0 spiro atoms. The molecule has 4 atom stereocenters. The van der Waals surface area contributed by atoms with E-state index in [-0.39, 0.29) is 0 Å². The summed E-state index contributed by atoms with van der Waals surface area (Å²) in [5.41, 5.74) is 5.25. The minimum atomic E-state index is -0.685. The Morgan fingerprint density at radius 2 is 1.91 bits per heavy atom. The number of nitrogens with zero attached hydrogens (tertiary/aromatic N) is 2. The van der Waals surface area contributed by atoms with Crippen molar-refractivity contribution in [1.82, 2.24) is 15.3 Å². The summed E-state index contributed by atoms with van der Waals surface area (Å²) in [6.45, 7) is 0. The molecule has 2 aromatic carbocycles. The van der Waals surface area contributed by atoms with Crippen LogP contribution in [0.5, 0.6) is 0 Å². The first-order chi connectivity index (χ1) is 15.8. The van der Waals surface area contributed by atoms with Crippen molar-refractivity contribution in [1.29, 1.82) is 0 Å². The molecule has 32 heavy (non-hydrogen) atoms. The van der Waals surface area contributed by atoms with Crippen molar-refractivity contribution in [2.24, 2.45) is 0 Å². The molecule has 0 bridgehead atoms. The molecule has 1 saturated carbocycles. The van der Waals surface area contributed by atoms with E-state index in [1.807, 2.05) is 36.5 Å². The normalized spacial score (nSPS) is 23.2. The highest BCUT2D eigenvalue weighted by Crippen LogP contribution is 2.41. The summed E-state index contributed by atoms with van der Waals surface area (Å²) in [6.07, 6.45) is 14.0. The van der Waals surface area contributed by atoms with Crippen LogP contribution in [0.3, 0.4) is 0 Å². The minimum absolute atomic E-state index is 0.314. The van der Waals surface area contributed by atoms with Gasteiger partial charge in [0, 0.05) is 47.9 Å². The largest absolute Gasteiger partial charge is 0.374 e. The van der Waals surface area contributed by atoms with Crippen LogP contribution >= 0.6 is 0 Å². The first kappa shape index (κ1) is 20.6. The molecule has 162 valence electrons. The second-order valence-electron chi connectivity index (χ2n) is 8.54. The van der Waals surface area contributed by atoms with Crippen molar-refractivity contribution in [2.75, 3.05) is 5.32 Å². The highest BCUT2D eigenvalue weighted by Gasteiger charge is 2.39. The molecule has 4 unspecified atom stereocenters. The summed E-state index contributed by atoms with van der Waals surface area (Å²) in [4.78, 5) is 8.65. The second kappa shape index (κ2) is 9.47. The fraction of sp³-hybridized carbons (Fsp3) is 0.259. The van der Waals surface area contributed by atoms with Gasteiger partial charge in [0.1, 0.15) is 6.23 Å². The standard InChI is InChI=1S/C27H28N4O/c32-27(31-25-17-24(25)19-6-2-1-3-7-19)21-9-5-11-23(16-21)30-22-10-4-8-20(12-13-22)26-18-28-14-15-29-26/h1-7,9-11,13-16,18,20,24-25,27,30-32H,8,12,17H2. The topological polar surface area (TPSA) is 70.1 Å². The van der Waals surface area contributed by atoms with Crippen LogP contribution in [0.2, 0.25) is 0 Å². The Bertz CT molecular complexity index is 1100. The average molecular weight is 425 g/mol. The Morgan fingerprint density at radius 1 is 1.00 bits per heavy atom. The molecule has 5 nitrogen and oxygen atoms in total. The van der Waals surface area contributed by atoms with Crippen LogP contribution in [0.15, 0.2) is 97.1 Å². The summed E-state index contributed by atoms with van der Waals surface area (Å²) < 4.78 is 0. The van der Waals surface area contributed by atoms with Crippen LogP contribution in [-0.2, 0) is 0 Å². The highest BCUT2D eigenvalue weighted by atomic mass is 16.3. The molecule has 0 saturated heterocycles. The molecule has 5 rings (SSSR count). The highest BCUT2D eigenvalue weighted by molar-refractivity contribution is 5.53. The summed E-state index contributed by atoms with van der Waals surface area (Å²) in [6, 6.07) is 18.8. The Labute approximate surface area is 189 Å². The van der Waals surface area contributed by atoms with Crippen LogP contribution in [0.1, 0.15) is 54.1 Å². The first-order valence-corrected chi connectivity index (χ1v) is 11.2. The number of anilines is 1. The number of allylic oxidation sites excluding steroid dienone is 3. The number of aliphatic hydroxyl groups excluding tert-OH is 1. The van der Waals surface area contributed by atoms with Crippen LogP contribution in [-0.4, -0.2) is 21.1 Å². The Morgan fingerprint density at radius 3 is 2.75 bits per heavy atom. The van der Waals surface area contributed by atoms with Gasteiger partial charge in [-0.1, -0.05) is 54.6 Å². The van der Waals surface area contributed by atoms with Gasteiger partial charge in [0.15, 0.2) is 0 Å². The SMILES string of the molecule is OC(NC1CC1c1ccccc1)c1cccc(NC2=CCC(c3cnccn3)CC=C2)c1. The lowest BCUT2D eigenvalue weighted by Crippen LogP contribution is -2.24. The second-order valence-corrected chi connectivity index (χ2v) is 8.54. The van der Waals surface area contributed by atoms with Crippen LogP contribution in [0.4, 0.5) is 5.69 Å². The molecular formula is C27H28N4O. The number of rotatable bonds is 7. The maximum Gasteiger partial charge on any atom is 0.131 e. The fourth-order valence-electron chi connectivity index (χ4n) is 4.35. The number of hydrogen-bond acceptors (Lipinski definition) is 5. The van der Waals surface area contributed by atoms with E-state index in [0.717, 1.165) is 41.9 Å². The molecule has 2 aliphatic rings. The maximum atomic E-state index is 10.8. The van der Waals surface area contributed by atoms with E-state index in [0.29, 0.717) is 17.9 Å². The number of benzene rings is 2. The minimum Gasteiger partial charge on any atom is -0.374 e. The van der Waals surface area contributed by atoms with E-state index in [4.69, 9.17) is 0 Å². The lowest BCUT2D eigenvalue weighted by Gasteiger charge is -2.15. The number of hydrogen-bond donors (Lipinski definition) is 3. The molecule has 5 heteroatoms. The predicted molar refractivity (Wildman–Crippen MR) is 127 cm³/mol. The summed E-state index contributed by atoms with van der Waals surface area (Å²) in [7, 11) is 0. The number of aliphatic hydroxyl groups is 1. The summed E-state index contributed by atoms with van der Waals surface area (Å²) in [5, 5.41) is 17.6. The maximum absolute atomic E-state index is 10.8. The Kier molecular flexibility index (Phi) is 6.10. The lowest BCUT2D eigenvalue weighted by atomic mass is 9.99. The summed E-state index contributed by atoms with van der Waals surface area (Å²) in [5.74, 6) is 0.823. The van der Waals surface area contributed by atoms with E-state index in [1.165, 1.54) is 5.56 Å². The van der Waals surface area contributed by atoms with Gasteiger partial charge in [0.2, 0.25) is 0 Å². The van der Waals surface area contributed by atoms with Gasteiger partial charge in [-0.25, -0.2) is 0 Å². The van der Waals surface area contributed by atoms with Gasteiger partial charge >= 0.3 is 0 Å². The molecule has 0 amide bonds.